The van der Waals surface area contributed by atoms with Crippen LogP contribution in [0, 0.1) is 0 Å². The number of hydrogen-bond donors (Lipinski definition) is 2. The van der Waals surface area contributed by atoms with E-state index < -0.39 is 0 Å². The Bertz CT molecular complexity index is 753. The van der Waals surface area contributed by atoms with Crippen LogP contribution < -0.4 is 10.6 Å². The van der Waals surface area contributed by atoms with Crippen LogP contribution in [0.15, 0.2) is 42.8 Å². The fourth-order valence-corrected chi connectivity index (χ4v) is 3.01. The number of hydrogen-bond acceptors (Lipinski definition) is 4. The number of aromatic nitrogens is 3. The Morgan fingerprint density at radius 3 is 2.84 bits per heavy atom. The predicted molar refractivity (Wildman–Crippen MR) is 102 cm³/mol. The molecule has 25 heavy (non-hydrogen) atoms. The summed E-state index contributed by atoms with van der Waals surface area (Å²) >= 11 is 0. The zero-order valence-electron chi connectivity index (χ0n) is 15.9. The Labute approximate surface area is 150 Å². The number of nitrogens with one attached hydrogen (secondary N) is 2. The van der Waals surface area contributed by atoms with Crippen molar-refractivity contribution in [1.82, 2.24) is 25.2 Å². The van der Waals surface area contributed by atoms with Crippen LogP contribution in [0.1, 0.15) is 64.9 Å². The van der Waals surface area contributed by atoms with Crippen LogP contribution >= 0.6 is 0 Å². The molecule has 0 aromatic carbocycles. The van der Waals surface area contributed by atoms with Crippen molar-refractivity contribution in [1.29, 1.82) is 0 Å². The molecule has 2 atom stereocenters. The van der Waals surface area contributed by atoms with Crippen molar-refractivity contribution in [3.05, 3.63) is 54.1 Å². The van der Waals surface area contributed by atoms with Gasteiger partial charge in [-0.15, -0.1) is 0 Å². The summed E-state index contributed by atoms with van der Waals surface area (Å²) < 4.78 is 2.07. The summed E-state index contributed by atoms with van der Waals surface area (Å²) in [6.07, 6.45) is 10.1. The molecule has 3 rings (SSSR count). The van der Waals surface area contributed by atoms with Gasteiger partial charge >= 0.3 is 0 Å². The Morgan fingerprint density at radius 2 is 2.16 bits per heavy atom. The molecule has 2 aromatic heterocycles. The van der Waals surface area contributed by atoms with E-state index in [9.17, 15) is 0 Å². The van der Waals surface area contributed by atoms with E-state index in [0.29, 0.717) is 6.04 Å². The van der Waals surface area contributed by atoms with Crippen LogP contribution in [0.25, 0.3) is 5.69 Å². The van der Waals surface area contributed by atoms with E-state index in [0.717, 1.165) is 29.9 Å². The van der Waals surface area contributed by atoms with E-state index in [4.69, 9.17) is 0 Å². The second kappa shape index (κ2) is 6.90. The molecule has 0 fully saturated rings. The van der Waals surface area contributed by atoms with Crippen LogP contribution in [0.2, 0.25) is 0 Å². The molecule has 5 nitrogen and oxygen atoms in total. The highest BCUT2D eigenvalue weighted by Crippen LogP contribution is 2.23. The van der Waals surface area contributed by atoms with E-state index in [-0.39, 0.29) is 11.5 Å². The fourth-order valence-electron chi connectivity index (χ4n) is 3.01. The molecule has 1 unspecified atom stereocenters. The lowest BCUT2D eigenvalue weighted by molar-refractivity contribution is 0.567. The van der Waals surface area contributed by atoms with Crippen molar-refractivity contribution in [2.24, 2.45) is 0 Å². The zero-order valence-corrected chi connectivity index (χ0v) is 15.9. The highest BCUT2D eigenvalue weighted by atomic mass is 15.1. The molecule has 5 heteroatoms. The first kappa shape index (κ1) is 17.5. The highest BCUT2D eigenvalue weighted by Gasteiger charge is 2.18. The monoisotopic (exact) mass is 339 g/mol. The quantitative estimate of drug-likeness (QED) is 0.869. The third kappa shape index (κ3) is 4.03. The van der Waals surface area contributed by atoms with Crippen LogP contribution in [0.5, 0.6) is 0 Å². The SMILES string of the molecule is CC[C@H]1CC(NC(C)c2cn(-c3ccnc(C(C)(C)C)c3)cn2)=CN1. The number of pyridine rings is 1. The number of imidazole rings is 1. The Balaban J connectivity index is 1.72. The summed E-state index contributed by atoms with van der Waals surface area (Å²) in [5.74, 6) is 0. The highest BCUT2D eigenvalue weighted by molar-refractivity contribution is 5.35. The van der Waals surface area contributed by atoms with Crippen LogP contribution in [0.3, 0.4) is 0 Å². The van der Waals surface area contributed by atoms with Gasteiger partial charge < -0.3 is 15.2 Å². The summed E-state index contributed by atoms with van der Waals surface area (Å²) in [4.78, 5) is 9.10. The topological polar surface area (TPSA) is 54.8 Å². The lowest BCUT2D eigenvalue weighted by atomic mass is 9.91. The molecule has 3 heterocycles. The van der Waals surface area contributed by atoms with E-state index in [1.165, 1.54) is 5.70 Å². The van der Waals surface area contributed by atoms with Crippen molar-refractivity contribution in [3.8, 4) is 5.69 Å². The average Bonchev–Trinajstić information content (AvgIpc) is 3.23. The third-order valence-corrected chi connectivity index (χ3v) is 4.71. The second-order valence-corrected chi connectivity index (χ2v) is 7.87. The third-order valence-electron chi connectivity index (χ3n) is 4.71. The minimum absolute atomic E-state index is 0.0338. The Kier molecular flexibility index (Phi) is 4.84. The first-order valence-electron chi connectivity index (χ1n) is 9.09. The molecule has 0 saturated heterocycles. The maximum absolute atomic E-state index is 4.60. The van der Waals surface area contributed by atoms with Gasteiger partial charge in [0.05, 0.1) is 18.1 Å². The van der Waals surface area contributed by atoms with Crippen LogP contribution in [-0.4, -0.2) is 20.6 Å². The minimum Gasteiger partial charge on any atom is -0.386 e. The minimum atomic E-state index is 0.0338. The largest absolute Gasteiger partial charge is 0.386 e. The van der Waals surface area contributed by atoms with Crippen molar-refractivity contribution >= 4 is 0 Å². The molecule has 0 aliphatic carbocycles. The fraction of sp³-hybridized carbons (Fsp3) is 0.500. The van der Waals surface area contributed by atoms with Gasteiger partial charge in [-0.05, 0) is 25.5 Å². The molecule has 0 bridgehead atoms. The van der Waals surface area contributed by atoms with Gasteiger partial charge in [0.25, 0.3) is 0 Å². The first-order valence-corrected chi connectivity index (χ1v) is 9.09. The van der Waals surface area contributed by atoms with Gasteiger partial charge in [0.15, 0.2) is 0 Å². The standard InChI is InChI=1S/C20H29N5/c1-6-15-9-16(11-22-15)24-14(2)18-12-25(13-23-18)17-7-8-21-19(10-17)20(3,4)5/h7-8,10-15,22,24H,6,9H2,1-5H3/t14?,15-/m0/s1. The molecule has 0 saturated carbocycles. The van der Waals surface area contributed by atoms with Gasteiger partial charge in [-0.2, -0.15) is 0 Å². The van der Waals surface area contributed by atoms with Gasteiger partial charge in [-0.1, -0.05) is 27.7 Å². The van der Waals surface area contributed by atoms with Crippen molar-refractivity contribution in [2.75, 3.05) is 0 Å². The molecule has 134 valence electrons. The maximum Gasteiger partial charge on any atom is 0.0996 e. The average molecular weight is 339 g/mol. The summed E-state index contributed by atoms with van der Waals surface area (Å²) in [6.45, 7) is 10.9. The van der Waals surface area contributed by atoms with E-state index in [1.807, 2.05) is 18.6 Å². The van der Waals surface area contributed by atoms with Crippen molar-refractivity contribution in [3.63, 3.8) is 0 Å². The molecular formula is C20H29N5. The molecule has 2 N–H and O–H groups in total. The normalized spacial score (nSPS) is 18.6. The lowest BCUT2D eigenvalue weighted by Gasteiger charge is -2.18. The van der Waals surface area contributed by atoms with Gasteiger partial charge in [-0.3, -0.25) is 4.98 Å². The van der Waals surface area contributed by atoms with Crippen molar-refractivity contribution in [2.45, 2.75) is 65.0 Å². The zero-order chi connectivity index (χ0) is 18.0. The van der Waals surface area contributed by atoms with Gasteiger partial charge in [0.2, 0.25) is 0 Å². The number of nitrogens with zero attached hydrogens (tertiary/aromatic N) is 3. The predicted octanol–water partition coefficient (Wildman–Crippen LogP) is 3.83. The van der Waals surface area contributed by atoms with Gasteiger partial charge in [0, 0.05) is 53.5 Å². The maximum atomic E-state index is 4.60. The number of rotatable bonds is 5. The smallest absolute Gasteiger partial charge is 0.0996 e. The molecule has 2 aromatic rings. The summed E-state index contributed by atoms with van der Waals surface area (Å²) in [5.41, 5.74) is 4.51. The molecule has 0 spiro atoms. The van der Waals surface area contributed by atoms with Gasteiger partial charge in [0.1, 0.15) is 0 Å². The van der Waals surface area contributed by atoms with Crippen LogP contribution in [-0.2, 0) is 5.41 Å². The lowest BCUT2D eigenvalue weighted by Crippen LogP contribution is -2.20. The van der Waals surface area contributed by atoms with E-state index >= 15 is 0 Å². The first-order chi connectivity index (χ1) is 11.9. The Morgan fingerprint density at radius 1 is 1.36 bits per heavy atom. The Hall–Kier alpha value is -2.30. The molecule has 0 radical (unpaired) electrons. The molecule has 1 aliphatic rings. The summed E-state index contributed by atoms with van der Waals surface area (Å²) in [7, 11) is 0. The molecule has 1 aliphatic heterocycles. The van der Waals surface area contributed by atoms with Gasteiger partial charge in [-0.25, -0.2) is 4.98 Å². The summed E-state index contributed by atoms with van der Waals surface area (Å²) in [6, 6.07) is 4.89. The van der Waals surface area contributed by atoms with E-state index in [1.54, 1.807) is 0 Å². The van der Waals surface area contributed by atoms with Crippen molar-refractivity contribution < 1.29 is 0 Å². The summed E-state index contributed by atoms with van der Waals surface area (Å²) in [5, 5.41) is 6.98. The molecular weight excluding hydrogens is 310 g/mol. The second-order valence-electron chi connectivity index (χ2n) is 7.87. The van der Waals surface area contributed by atoms with E-state index in [2.05, 4.69) is 78.3 Å². The molecule has 0 amide bonds. The van der Waals surface area contributed by atoms with Crippen LogP contribution in [0.4, 0.5) is 0 Å².